The molecule has 1 saturated heterocycles. The highest BCUT2D eigenvalue weighted by Gasteiger charge is 2.23. The lowest BCUT2D eigenvalue weighted by atomic mass is 9.90. The van der Waals surface area contributed by atoms with E-state index in [1.54, 1.807) is 12.1 Å². The van der Waals surface area contributed by atoms with Crippen LogP contribution in [0.4, 0.5) is 4.39 Å². The Labute approximate surface area is 148 Å². The highest BCUT2D eigenvalue weighted by molar-refractivity contribution is 5.77. The molecule has 0 aromatic heterocycles. The maximum Gasteiger partial charge on any atom is 0.248 e. The lowest BCUT2D eigenvalue weighted by Gasteiger charge is -2.32. The van der Waals surface area contributed by atoms with Gasteiger partial charge in [0, 0.05) is 13.1 Å². The zero-order chi connectivity index (χ0) is 17.5. The van der Waals surface area contributed by atoms with Gasteiger partial charge in [0.05, 0.1) is 6.61 Å². The van der Waals surface area contributed by atoms with Crippen LogP contribution in [-0.4, -0.2) is 30.5 Å². The minimum Gasteiger partial charge on any atom is -0.367 e. The number of rotatable bonds is 6. The van der Waals surface area contributed by atoms with Crippen molar-refractivity contribution < 1.29 is 13.9 Å². The molecule has 0 bridgehead atoms. The Bertz CT molecular complexity index is 681. The van der Waals surface area contributed by atoms with Crippen LogP contribution in [0.1, 0.15) is 24.0 Å². The van der Waals surface area contributed by atoms with Gasteiger partial charge in [-0.1, -0.05) is 42.5 Å². The Hall–Kier alpha value is -2.20. The second-order valence-corrected chi connectivity index (χ2v) is 6.64. The van der Waals surface area contributed by atoms with E-state index < -0.39 is 0 Å². The predicted octanol–water partition coefficient (Wildman–Crippen LogP) is 3.82. The summed E-state index contributed by atoms with van der Waals surface area (Å²) >= 11 is 0. The zero-order valence-electron chi connectivity index (χ0n) is 14.4. The van der Waals surface area contributed by atoms with Gasteiger partial charge < -0.3 is 9.64 Å². The first-order valence-corrected chi connectivity index (χ1v) is 8.84. The summed E-state index contributed by atoms with van der Waals surface area (Å²) in [6.07, 6.45) is 2.80. The fraction of sp³-hybridized carbons (Fsp3) is 0.381. The molecule has 1 heterocycles. The molecule has 0 N–H and O–H groups in total. The predicted molar refractivity (Wildman–Crippen MR) is 95.5 cm³/mol. The van der Waals surface area contributed by atoms with Gasteiger partial charge in [0.2, 0.25) is 5.91 Å². The maximum atomic E-state index is 13.3. The molecule has 1 aliphatic rings. The first-order chi connectivity index (χ1) is 12.2. The summed E-state index contributed by atoms with van der Waals surface area (Å²) in [4.78, 5) is 14.1. The highest BCUT2D eigenvalue weighted by Crippen LogP contribution is 2.22. The minimum atomic E-state index is -0.180. The number of nitrogens with zero attached hydrogens (tertiary/aromatic N) is 1. The van der Waals surface area contributed by atoms with E-state index in [-0.39, 0.29) is 18.3 Å². The van der Waals surface area contributed by atoms with Crippen molar-refractivity contribution in [1.82, 2.24) is 4.90 Å². The molecule has 0 saturated carbocycles. The average Bonchev–Trinajstić information content (AvgIpc) is 2.63. The van der Waals surface area contributed by atoms with Crippen LogP contribution in [0.5, 0.6) is 0 Å². The van der Waals surface area contributed by atoms with Crippen molar-refractivity contribution in [3.63, 3.8) is 0 Å². The molecule has 1 amide bonds. The van der Waals surface area contributed by atoms with Crippen molar-refractivity contribution in [3.05, 3.63) is 71.5 Å². The van der Waals surface area contributed by atoms with Crippen molar-refractivity contribution in [3.8, 4) is 0 Å². The molecule has 25 heavy (non-hydrogen) atoms. The number of carbonyl (C=O) groups is 1. The van der Waals surface area contributed by atoms with E-state index in [2.05, 4.69) is 0 Å². The molecule has 1 fully saturated rings. The number of hydrogen-bond donors (Lipinski definition) is 0. The number of piperidine rings is 1. The molecule has 0 atom stereocenters. The third-order valence-electron chi connectivity index (χ3n) is 4.72. The highest BCUT2D eigenvalue weighted by atomic mass is 19.1. The van der Waals surface area contributed by atoms with E-state index in [9.17, 15) is 9.18 Å². The molecule has 0 unspecified atom stereocenters. The third kappa shape index (κ3) is 5.40. The van der Waals surface area contributed by atoms with E-state index in [0.29, 0.717) is 12.5 Å². The Morgan fingerprint density at radius 2 is 1.76 bits per heavy atom. The van der Waals surface area contributed by atoms with Gasteiger partial charge in [0.15, 0.2) is 0 Å². The fourth-order valence-electron chi connectivity index (χ4n) is 3.31. The molecule has 2 aromatic carbocycles. The number of likely N-dealkylation sites (tertiary alicyclic amines) is 1. The molecule has 0 radical (unpaired) electrons. The van der Waals surface area contributed by atoms with Crippen LogP contribution in [0.15, 0.2) is 54.6 Å². The van der Waals surface area contributed by atoms with Gasteiger partial charge in [-0.15, -0.1) is 0 Å². The number of ether oxygens (including phenoxy) is 1. The second-order valence-electron chi connectivity index (χ2n) is 6.64. The summed E-state index contributed by atoms with van der Waals surface area (Å²) in [5.41, 5.74) is 2.11. The van der Waals surface area contributed by atoms with Crippen molar-refractivity contribution in [1.29, 1.82) is 0 Å². The van der Waals surface area contributed by atoms with Crippen LogP contribution in [0, 0.1) is 11.7 Å². The SMILES string of the molecule is O=C(COCc1ccccc1)N1CCC(Cc2cccc(F)c2)CC1. The van der Waals surface area contributed by atoms with Crippen LogP contribution in [0.3, 0.4) is 0 Å². The third-order valence-corrected chi connectivity index (χ3v) is 4.72. The average molecular weight is 341 g/mol. The molecule has 132 valence electrons. The van der Waals surface area contributed by atoms with E-state index in [0.717, 1.165) is 43.5 Å². The molecule has 3 rings (SSSR count). The van der Waals surface area contributed by atoms with Crippen molar-refractivity contribution in [2.45, 2.75) is 25.9 Å². The van der Waals surface area contributed by atoms with Crippen molar-refractivity contribution in [2.75, 3.05) is 19.7 Å². The van der Waals surface area contributed by atoms with Crippen LogP contribution in [0.2, 0.25) is 0 Å². The Balaban J connectivity index is 1.38. The summed E-state index contributed by atoms with van der Waals surface area (Å²) in [6, 6.07) is 16.7. The number of benzene rings is 2. The molecule has 0 aliphatic carbocycles. The van der Waals surface area contributed by atoms with Gasteiger partial charge in [0.1, 0.15) is 12.4 Å². The summed E-state index contributed by atoms with van der Waals surface area (Å²) < 4.78 is 18.8. The van der Waals surface area contributed by atoms with Crippen molar-refractivity contribution >= 4 is 5.91 Å². The second kappa shape index (κ2) is 8.77. The van der Waals surface area contributed by atoms with Gasteiger partial charge in [-0.25, -0.2) is 4.39 Å². The summed E-state index contributed by atoms with van der Waals surface area (Å²) in [5.74, 6) is 0.386. The molecular formula is C21H24FNO2. The number of halogens is 1. The Kier molecular flexibility index (Phi) is 6.18. The summed E-state index contributed by atoms with van der Waals surface area (Å²) in [6.45, 7) is 2.10. The number of carbonyl (C=O) groups excluding carboxylic acids is 1. The lowest BCUT2D eigenvalue weighted by Crippen LogP contribution is -2.40. The maximum absolute atomic E-state index is 13.3. The normalized spacial score (nSPS) is 15.3. The van der Waals surface area contributed by atoms with Gasteiger partial charge >= 0.3 is 0 Å². The van der Waals surface area contributed by atoms with Gasteiger partial charge in [-0.05, 0) is 48.4 Å². The monoisotopic (exact) mass is 341 g/mol. The van der Waals surface area contributed by atoms with Gasteiger partial charge in [0.25, 0.3) is 0 Å². The first kappa shape index (κ1) is 17.6. The van der Waals surface area contributed by atoms with Crippen LogP contribution in [0.25, 0.3) is 0 Å². The van der Waals surface area contributed by atoms with Gasteiger partial charge in [-0.3, -0.25) is 4.79 Å². The fourth-order valence-corrected chi connectivity index (χ4v) is 3.31. The molecule has 0 spiro atoms. The molecule has 4 heteroatoms. The van der Waals surface area contributed by atoms with E-state index in [1.807, 2.05) is 41.3 Å². The van der Waals surface area contributed by atoms with E-state index in [4.69, 9.17) is 4.74 Å². The molecule has 2 aromatic rings. The Morgan fingerprint density at radius 1 is 1.04 bits per heavy atom. The number of hydrogen-bond acceptors (Lipinski definition) is 2. The van der Waals surface area contributed by atoms with Crippen LogP contribution >= 0.6 is 0 Å². The zero-order valence-corrected chi connectivity index (χ0v) is 14.4. The minimum absolute atomic E-state index is 0.0557. The summed E-state index contributed by atoms with van der Waals surface area (Å²) in [7, 11) is 0. The van der Waals surface area contributed by atoms with Crippen LogP contribution in [-0.2, 0) is 22.6 Å². The Morgan fingerprint density at radius 3 is 2.48 bits per heavy atom. The standard InChI is InChI=1S/C21H24FNO2/c22-20-8-4-7-19(14-20)13-17-9-11-23(12-10-17)21(24)16-25-15-18-5-2-1-3-6-18/h1-8,14,17H,9-13,15-16H2. The largest absolute Gasteiger partial charge is 0.367 e. The van der Waals surface area contributed by atoms with Crippen molar-refractivity contribution in [2.24, 2.45) is 5.92 Å². The molecule has 3 nitrogen and oxygen atoms in total. The quantitative estimate of drug-likeness (QED) is 0.799. The summed E-state index contributed by atoms with van der Waals surface area (Å²) in [5, 5.41) is 0. The van der Waals surface area contributed by atoms with Gasteiger partial charge in [-0.2, -0.15) is 0 Å². The van der Waals surface area contributed by atoms with E-state index in [1.165, 1.54) is 6.07 Å². The lowest BCUT2D eigenvalue weighted by molar-refractivity contribution is -0.138. The topological polar surface area (TPSA) is 29.5 Å². The first-order valence-electron chi connectivity index (χ1n) is 8.84. The molecule has 1 aliphatic heterocycles. The number of amides is 1. The molecular weight excluding hydrogens is 317 g/mol. The van der Waals surface area contributed by atoms with E-state index >= 15 is 0 Å². The smallest absolute Gasteiger partial charge is 0.248 e. The van der Waals surface area contributed by atoms with Crippen LogP contribution < -0.4 is 0 Å².